The minimum atomic E-state index is -1.31. The third-order valence-corrected chi connectivity index (χ3v) is 1.37. The van der Waals surface area contributed by atoms with Crippen LogP contribution < -0.4 is 0 Å². The van der Waals surface area contributed by atoms with Crippen LogP contribution in [0, 0.1) is 0 Å². The first-order valence-electron chi connectivity index (χ1n) is 3.22. The van der Waals surface area contributed by atoms with Crippen LogP contribution >= 0.6 is 0 Å². The van der Waals surface area contributed by atoms with Crippen molar-refractivity contribution in [2.45, 2.75) is 25.6 Å². The zero-order valence-corrected chi connectivity index (χ0v) is 5.83. The van der Waals surface area contributed by atoms with Crippen LogP contribution in [0.25, 0.3) is 0 Å². The lowest BCUT2D eigenvalue weighted by atomic mass is 10.2. The largest absolute Gasteiger partial charge is 0.430 e. The Hall–Kier alpha value is -0.830. The van der Waals surface area contributed by atoms with Gasteiger partial charge in [0.2, 0.25) is 5.79 Å². The van der Waals surface area contributed by atoms with E-state index in [9.17, 15) is 9.90 Å². The minimum Gasteiger partial charge on any atom is -0.430 e. The highest BCUT2D eigenvalue weighted by atomic mass is 16.7. The Bertz CT molecular complexity index is 174. The van der Waals surface area contributed by atoms with Crippen molar-refractivity contribution >= 4 is 5.97 Å². The second-order valence-corrected chi connectivity index (χ2v) is 2.38. The number of carbonyl (C=O) groups excluding carboxylic acids is 1. The molecule has 0 aromatic rings. The highest BCUT2D eigenvalue weighted by molar-refractivity contribution is 5.66. The van der Waals surface area contributed by atoms with Crippen LogP contribution in [0.4, 0.5) is 0 Å². The number of rotatable bonds is 1. The van der Waals surface area contributed by atoms with E-state index in [-0.39, 0.29) is 0 Å². The molecule has 3 heteroatoms. The van der Waals surface area contributed by atoms with Gasteiger partial charge >= 0.3 is 5.97 Å². The topological polar surface area (TPSA) is 46.5 Å². The summed E-state index contributed by atoms with van der Waals surface area (Å²) in [7, 11) is 0. The molecule has 0 bridgehead atoms. The molecule has 0 spiro atoms. The fraction of sp³-hybridized carbons (Fsp3) is 0.571. The molecule has 0 heterocycles. The Morgan fingerprint density at radius 3 is 2.90 bits per heavy atom. The molecule has 0 aromatic carbocycles. The summed E-state index contributed by atoms with van der Waals surface area (Å²) in [6.07, 6.45) is 4.55. The quantitative estimate of drug-likeness (QED) is 0.331. The summed E-state index contributed by atoms with van der Waals surface area (Å²) in [6, 6.07) is 0. The van der Waals surface area contributed by atoms with E-state index < -0.39 is 11.8 Å². The number of hydrogen-bond donors (Lipinski definition) is 1. The molecule has 1 aliphatic rings. The van der Waals surface area contributed by atoms with Crippen molar-refractivity contribution in [1.82, 2.24) is 0 Å². The summed E-state index contributed by atoms with van der Waals surface area (Å²) >= 11 is 0. The van der Waals surface area contributed by atoms with Gasteiger partial charge in [0, 0.05) is 13.3 Å². The first-order valence-corrected chi connectivity index (χ1v) is 3.22. The smallest absolute Gasteiger partial charge is 0.305 e. The van der Waals surface area contributed by atoms with Crippen molar-refractivity contribution in [3.8, 4) is 0 Å². The molecule has 0 fully saturated rings. The third-order valence-electron chi connectivity index (χ3n) is 1.37. The maximum atomic E-state index is 10.4. The number of aliphatic hydroxyl groups is 1. The van der Waals surface area contributed by atoms with Crippen LogP contribution in [-0.2, 0) is 9.53 Å². The second-order valence-electron chi connectivity index (χ2n) is 2.38. The van der Waals surface area contributed by atoms with Gasteiger partial charge in [-0.25, -0.2) is 0 Å². The summed E-state index contributed by atoms with van der Waals surface area (Å²) in [6.45, 7) is 1.28. The lowest BCUT2D eigenvalue weighted by Gasteiger charge is -2.19. The highest BCUT2D eigenvalue weighted by Gasteiger charge is 2.29. The van der Waals surface area contributed by atoms with Crippen LogP contribution in [0.2, 0.25) is 0 Å². The molecular formula is C7H10O3. The van der Waals surface area contributed by atoms with E-state index in [0.29, 0.717) is 6.42 Å². The van der Waals surface area contributed by atoms with E-state index in [4.69, 9.17) is 0 Å². The molecule has 3 nitrogen and oxygen atoms in total. The van der Waals surface area contributed by atoms with E-state index in [1.165, 1.54) is 13.0 Å². The second kappa shape index (κ2) is 2.42. The van der Waals surface area contributed by atoms with Gasteiger partial charge in [-0.1, -0.05) is 6.08 Å². The van der Waals surface area contributed by atoms with Crippen molar-refractivity contribution in [3.63, 3.8) is 0 Å². The number of ether oxygens (including phenoxy) is 1. The monoisotopic (exact) mass is 142 g/mol. The maximum Gasteiger partial charge on any atom is 0.305 e. The number of hydrogen-bond acceptors (Lipinski definition) is 3. The molecule has 56 valence electrons. The predicted molar refractivity (Wildman–Crippen MR) is 35.1 cm³/mol. The summed E-state index contributed by atoms with van der Waals surface area (Å²) < 4.78 is 4.63. The standard InChI is InChI=1S/C7H10O3/c1-6(8)10-7(9)4-2-3-5-7/h2,4,9H,3,5H2,1H3. The van der Waals surface area contributed by atoms with E-state index in [1.54, 1.807) is 6.08 Å². The van der Waals surface area contributed by atoms with Crippen LogP contribution in [0.15, 0.2) is 12.2 Å². The third kappa shape index (κ3) is 1.57. The van der Waals surface area contributed by atoms with Gasteiger partial charge in [-0.05, 0) is 12.5 Å². The molecule has 1 N–H and O–H groups in total. The average Bonchev–Trinajstić information content (AvgIpc) is 2.12. The van der Waals surface area contributed by atoms with Crippen LogP contribution in [0.3, 0.4) is 0 Å². The minimum absolute atomic E-state index is 0.450. The first kappa shape index (κ1) is 7.28. The Morgan fingerprint density at radius 1 is 1.80 bits per heavy atom. The van der Waals surface area contributed by atoms with Crippen LogP contribution in [0.1, 0.15) is 19.8 Å². The van der Waals surface area contributed by atoms with Crippen molar-refractivity contribution in [2.75, 3.05) is 0 Å². The molecule has 1 aliphatic carbocycles. The van der Waals surface area contributed by atoms with Gasteiger partial charge < -0.3 is 9.84 Å². The molecular weight excluding hydrogens is 132 g/mol. The summed E-state index contributed by atoms with van der Waals surface area (Å²) in [5.74, 6) is -1.76. The van der Waals surface area contributed by atoms with Gasteiger partial charge in [-0.3, -0.25) is 4.79 Å². The van der Waals surface area contributed by atoms with Gasteiger partial charge in [0.1, 0.15) is 0 Å². The van der Waals surface area contributed by atoms with Gasteiger partial charge in [-0.15, -0.1) is 0 Å². The molecule has 0 amide bonds. The molecule has 0 aromatic heterocycles. The summed E-state index contributed by atoms with van der Waals surface area (Å²) in [4.78, 5) is 10.4. The van der Waals surface area contributed by atoms with Crippen LogP contribution in [-0.4, -0.2) is 16.9 Å². The molecule has 0 radical (unpaired) electrons. The molecule has 1 atom stereocenters. The average molecular weight is 142 g/mol. The van der Waals surface area contributed by atoms with Gasteiger partial charge in [0.15, 0.2) is 0 Å². The Balaban J connectivity index is 2.52. The number of carbonyl (C=O) groups is 1. The predicted octanol–water partition coefficient (Wildman–Crippen LogP) is 0.588. The van der Waals surface area contributed by atoms with E-state index in [2.05, 4.69) is 4.74 Å². The molecule has 0 saturated heterocycles. The maximum absolute atomic E-state index is 10.4. The first-order chi connectivity index (χ1) is 4.62. The van der Waals surface area contributed by atoms with E-state index >= 15 is 0 Å². The molecule has 1 unspecified atom stereocenters. The Kier molecular flexibility index (Phi) is 1.76. The van der Waals surface area contributed by atoms with E-state index in [0.717, 1.165) is 6.42 Å². The zero-order valence-electron chi connectivity index (χ0n) is 5.83. The highest BCUT2D eigenvalue weighted by Crippen LogP contribution is 2.23. The fourth-order valence-corrected chi connectivity index (χ4v) is 0.975. The molecule has 1 rings (SSSR count). The van der Waals surface area contributed by atoms with Crippen molar-refractivity contribution in [2.24, 2.45) is 0 Å². The fourth-order valence-electron chi connectivity index (χ4n) is 0.975. The summed E-state index contributed by atoms with van der Waals surface area (Å²) in [5.41, 5.74) is 0. The number of esters is 1. The lowest BCUT2D eigenvalue weighted by molar-refractivity contribution is -0.187. The Labute approximate surface area is 59.3 Å². The van der Waals surface area contributed by atoms with Gasteiger partial charge in [0.05, 0.1) is 0 Å². The normalized spacial score (nSPS) is 30.6. The zero-order chi connectivity index (χ0) is 7.61. The molecule has 10 heavy (non-hydrogen) atoms. The van der Waals surface area contributed by atoms with Crippen molar-refractivity contribution in [3.05, 3.63) is 12.2 Å². The van der Waals surface area contributed by atoms with Crippen LogP contribution in [0.5, 0.6) is 0 Å². The molecule has 0 aliphatic heterocycles. The van der Waals surface area contributed by atoms with Crippen molar-refractivity contribution in [1.29, 1.82) is 0 Å². The van der Waals surface area contributed by atoms with Gasteiger partial charge in [0.25, 0.3) is 0 Å². The van der Waals surface area contributed by atoms with Crippen molar-refractivity contribution < 1.29 is 14.6 Å². The Morgan fingerprint density at radius 2 is 2.50 bits per heavy atom. The lowest BCUT2D eigenvalue weighted by Crippen LogP contribution is -2.29. The van der Waals surface area contributed by atoms with E-state index in [1.807, 2.05) is 0 Å². The molecule has 0 saturated carbocycles. The number of allylic oxidation sites excluding steroid dienone is 1. The summed E-state index contributed by atoms with van der Waals surface area (Å²) in [5, 5.41) is 9.33. The SMILES string of the molecule is CC(=O)OC1(O)C=CCC1. The van der Waals surface area contributed by atoms with Gasteiger partial charge in [-0.2, -0.15) is 0 Å².